The molecule has 12 nitrogen and oxygen atoms in total. The number of nitrogen functional groups attached to an aromatic ring is 1. The van der Waals surface area contributed by atoms with Gasteiger partial charge in [0.15, 0.2) is 11.5 Å². The molecule has 3 aliphatic rings. The van der Waals surface area contributed by atoms with Gasteiger partial charge in [-0.15, -0.1) is 5.10 Å². The first-order valence-corrected chi connectivity index (χ1v) is 13.5. The number of carbonyl (C=O) groups excluding carboxylic acids is 1. The number of halogens is 5. The number of rotatable bonds is 7. The van der Waals surface area contributed by atoms with Crippen LogP contribution in [0.4, 0.5) is 33.6 Å². The highest BCUT2D eigenvalue weighted by Gasteiger charge is 2.61. The number of anilines is 2. The van der Waals surface area contributed by atoms with E-state index in [0.717, 1.165) is 32.0 Å². The number of hydrogen-bond acceptors (Lipinski definition) is 9. The molecule has 4 aromatic heterocycles. The summed E-state index contributed by atoms with van der Waals surface area (Å²) >= 11 is 0. The summed E-state index contributed by atoms with van der Waals surface area (Å²) in [6.45, 7) is 4.00. The van der Waals surface area contributed by atoms with E-state index in [9.17, 15) is 26.7 Å². The molecule has 42 heavy (non-hydrogen) atoms. The normalized spacial score (nSPS) is 20.3. The van der Waals surface area contributed by atoms with Crippen LogP contribution in [0.5, 0.6) is 0 Å². The quantitative estimate of drug-likeness (QED) is 0.305. The molecule has 1 aliphatic heterocycles. The maximum absolute atomic E-state index is 13.6. The number of nitrogens with one attached hydrogen (secondary N) is 1. The van der Waals surface area contributed by atoms with Gasteiger partial charge in [0.05, 0.1) is 29.7 Å². The standard InChI is InChI=1S/C23H20F5N11O.C2H6/c24-21(25,23(26,27)28)6-5-12-19-30-9-31-39(19)7-13(32-12)17-33-16(29)15-18(34-17)35-20(40)22(15,10-1-2-10)14-8-38(37-36-14)11-3-4-11;1-2/h7-11H,1-6H2,(H3,29,33,34,35,40);1-2H3. The molecule has 2 fully saturated rings. The predicted molar refractivity (Wildman–Crippen MR) is 137 cm³/mol. The molecule has 3 N–H and O–H groups in total. The highest BCUT2D eigenvalue weighted by atomic mass is 19.4. The molecular formula is C25H26F5N11O. The Labute approximate surface area is 235 Å². The lowest BCUT2D eigenvalue weighted by Crippen LogP contribution is -2.39. The molecule has 7 rings (SSSR count). The number of fused-ring (bicyclic) bond motifs is 2. The first-order valence-electron chi connectivity index (χ1n) is 13.5. The van der Waals surface area contributed by atoms with Crippen LogP contribution in [0.15, 0.2) is 18.7 Å². The largest absolute Gasteiger partial charge is 0.453 e. The van der Waals surface area contributed by atoms with E-state index < -0.39 is 30.4 Å². The number of carbonyl (C=O) groups is 1. The van der Waals surface area contributed by atoms with Gasteiger partial charge in [-0.25, -0.2) is 29.1 Å². The molecule has 17 heteroatoms. The van der Waals surface area contributed by atoms with Gasteiger partial charge in [0.25, 0.3) is 0 Å². The predicted octanol–water partition coefficient (Wildman–Crippen LogP) is 3.89. The van der Waals surface area contributed by atoms with Gasteiger partial charge in [0, 0.05) is 6.42 Å². The van der Waals surface area contributed by atoms with E-state index in [1.54, 1.807) is 10.9 Å². The van der Waals surface area contributed by atoms with Crippen LogP contribution in [-0.4, -0.2) is 62.5 Å². The highest BCUT2D eigenvalue weighted by Crippen LogP contribution is 2.57. The van der Waals surface area contributed by atoms with Gasteiger partial charge in [-0.05, 0) is 38.0 Å². The summed E-state index contributed by atoms with van der Waals surface area (Å²) < 4.78 is 68.5. The number of nitrogens with two attached hydrogens (primary N) is 1. The fourth-order valence-corrected chi connectivity index (χ4v) is 5.31. The van der Waals surface area contributed by atoms with Gasteiger partial charge in [-0.1, -0.05) is 19.1 Å². The van der Waals surface area contributed by atoms with Gasteiger partial charge >= 0.3 is 12.1 Å². The van der Waals surface area contributed by atoms with Crippen molar-refractivity contribution >= 4 is 23.2 Å². The van der Waals surface area contributed by atoms with Gasteiger partial charge in [0.1, 0.15) is 34.8 Å². The van der Waals surface area contributed by atoms with Crippen molar-refractivity contribution in [1.29, 1.82) is 0 Å². The number of aromatic nitrogens is 9. The minimum atomic E-state index is -5.71. The zero-order chi connectivity index (χ0) is 30.0. The molecule has 4 aromatic rings. The summed E-state index contributed by atoms with van der Waals surface area (Å²) in [5.74, 6) is -5.32. The second-order valence-electron chi connectivity index (χ2n) is 10.3. The lowest BCUT2D eigenvalue weighted by atomic mass is 9.75. The van der Waals surface area contributed by atoms with E-state index in [1.807, 2.05) is 13.8 Å². The third-order valence-electron chi connectivity index (χ3n) is 7.60. The summed E-state index contributed by atoms with van der Waals surface area (Å²) in [7, 11) is 0. The van der Waals surface area contributed by atoms with Crippen LogP contribution in [0, 0.1) is 5.92 Å². The van der Waals surface area contributed by atoms with Crippen molar-refractivity contribution in [2.45, 2.75) is 75.9 Å². The summed E-state index contributed by atoms with van der Waals surface area (Å²) in [4.78, 5) is 30.6. The van der Waals surface area contributed by atoms with E-state index in [2.05, 4.69) is 40.7 Å². The van der Waals surface area contributed by atoms with Crippen molar-refractivity contribution in [1.82, 2.24) is 44.5 Å². The second kappa shape index (κ2) is 9.62. The Morgan fingerprint density at radius 1 is 1.07 bits per heavy atom. The molecule has 0 spiro atoms. The molecule has 0 saturated heterocycles. The third-order valence-corrected chi connectivity index (χ3v) is 7.60. The number of aryl methyl sites for hydroxylation is 1. The third kappa shape index (κ3) is 4.32. The van der Waals surface area contributed by atoms with Crippen LogP contribution in [0.2, 0.25) is 0 Å². The van der Waals surface area contributed by atoms with E-state index in [-0.39, 0.29) is 52.4 Å². The molecule has 222 valence electrons. The van der Waals surface area contributed by atoms with Crippen molar-refractivity contribution in [2.24, 2.45) is 5.92 Å². The minimum absolute atomic E-state index is 0.00401. The van der Waals surface area contributed by atoms with Crippen LogP contribution in [0.1, 0.15) is 68.9 Å². The first kappa shape index (κ1) is 27.8. The molecule has 0 radical (unpaired) electrons. The first-order chi connectivity index (χ1) is 20.0. The van der Waals surface area contributed by atoms with Crippen molar-refractivity contribution in [3.05, 3.63) is 35.7 Å². The van der Waals surface area contributed by atoms with Crippen molar-refractivity contribution in [2.75, 3.05) is 11.1 Å². The topological polar surface area (TPSA) is 155 Å². The average Bonchev–Trinajstić information content (AvgIpc) is 3.85. The molecule has 2 aliphatic carbocycles. The summed E-state index contributed by atoms with van der Waals surface area (Å²) in [5, 5.41) is 15.3. The molecule has 0 aromatic carbocycles. The Hall–Kier alpha value is -4.31. The van der Waals surface area contributed by atoms with Gasteiger partial charge in [-0.3, -0.25) is 4.79 Å². The fourth-order valence-electron chi connectivity index (χ4n) is 5.31. The van der Waals surface area contributed by atoms with Gasteiger partial charge in [-0.2, -0.15) is 27.1 Å². The van der Waals surface area contributed by atoms with Crippen LogP contribution in [-0.2, 0) is 16.6 Å². The summed E-state index contributed by atoms with van der Waals surface area (Å²) in [6, 6.07) is 0.250. The van der Waals surface area contributed by atoms with E-state index in [1.165, 1.54) is 10.7 Å². The molecular weight excluding hydrogens is 565 g/mol. The average molecular weight is 592 g/mol. The fraction of sp³-hybridized carbons (Fsp3) is 0.520. The Morgan fingerprint density at radius 2 is 1.81 bits per heavy atom. The zero-order valence-corrected chi connectivity index (χ0v) is 22.5. The number of alkyl halides is 5. The van der Waals surface area contributed by atoms with Crippen molar-refractivity contribution in [3.8, 4) is 11.5 Å². The van der Waals surface area contributed by atoms with Gasteiger partial charge < -0.3 is 11.1 Å². The number of amides is 1. The van der Waals surface area contributed by atoms with Crippen LogP contribution < -0.4 is 11.1 Å². The Morgan fingerprint density at radius 3 is 2.48 bits per heavy atom. The Bertz CT molecular complexity index is 1670. The lowest BCUT2D eigenvalue weighted by molar-refractivity contribution is -0.284. The van der Waals surface area contributed by atoms with E-state index in [4.69, 9.17) is 5.73 Å². The second-order valence-corrected chi connectivity index (χ2v) is 10.3. The molecule has 5 heterocycles. The number of hydrogen-bond donors (Lipinski definition) is 2. The van der Waals surface area contributed by atoms with E-state index in [0.29, 0.717) is 11.3 Å². The van der Waals surface area contributed by atoms with E-state index >= 15 is 0 Å². The molecule has 2 saturated carbocycles. The van der Waals surface area contributed by atoms with Gasteiger partial charge in [0.2, 0.25) is 5.91 Å². The van der Waals surface area contributed by atoms with Crippen molar-refractivity contribution in [3.63, 3.8) is 0 Å². The lowest BCUT2D eigenvalue weighted by Gasteiger charge is -2.25. The van der Waals surface area contributed by atoms with Crippen LogP contribution in [0.25, 0.3) is 17.2 Å². The smallest absolute Gasteiger partial charge is 0.383 e. The van der Waals surface area contributed by atoms with Crippen LogP contribution in [0.3, 0.4) is 0 Å². The highest BCUT2D eigenvalue weighted by molar-refractivity contribution is 6.09. The Kier molecular flexibility index (Phi) is 6.38. The zero-order valence-electron chi connectivity index (χ0n) is 22.5. The number of nitrogens with zero attached hydrogens (tertiary/aromatic N) is 9. The minimum Gasteiger partial charge on any atom is -0.383 e. The molecule has 1 unspecified atom stereocenters. The molecule has 1 amide bonds. The maximum atomic E-state index is 13.6. The Balaban J connectivity index is 0.00000155. The van der Waals surface area contributed by atoms with Crippen LogP contribution >= 0.6 is 0 Å². The SMILES string of the molecule is CC.Nc1nc(-c2cn3ncnc3c(CCC(F)(F)C(F)(F)F)n2)nc2c1C(c1cn(C3CC3)nn1)(C1CC1)C(=O)N2. The summed E-state index contributed by atoms with van der Waals surface area (Å²) in [5.41, 5.74) is 5.90. The summed E-state index contributed by atoms with van der Waals surface area (Å²) in [6.07, 6.45) is -0.272. The molecule has 0 bridgehead atoms. The van der Waals surface area contributed by atoms with Crippen molar-refractivity contribution < 1.29 is 26.7 Å². The maximum Gasteiger partial charge on any atom is 0.453 e. The monoisotopic (exact) mass is 591 g/mol. The molecule has 1 atom stereocenters.